The molecule has 4 aliphatic heterocycles. The minimum Gasteiger partial charge on any atom is -0.508 e. The number of phenolic OH excluding ortho intramolecular Hbond substituents is 1. The number of benzene rings is 2. The van der Waals surface area contributed by atoms with Crippen LogP contribution in [0, 0.1) is 11.8 Å². The van der Waals surface area contributed by atoms with Crippen molar-refractivity contribution in [3.63, 3.8) is 0 Å². The maximum absolute atomic E-state index is 12.5. The van der Waals surface area contributed by atoms with Gasteiger partial charge in [0.25, 0.3) is 0 Å². The van der Waals surface area contributed by atoms with Crippen LogP contribution in [-0.4, -0.2) is 92.8 Å². The number of fused-ring (bicyclic) bond motifs is 2. The van der Waals surface area contributed by atoms with Crippen LogP contribution in [0.5, 0.6) is 5.75 Å². The van der Waals surface area contributed by atoms with E-state index in [-0.39, 0.29) is 58.6 Å². The van der Waals surface area contributed by atoms with Gasteiger partial charge >= 0.3 is 11.9 Å². The molecule has 0 bridgehead atoms. The third kappa shape index (κ3) is 6.57. The van der Waals surface area contributed by atoms with Crippen LogP contribution in [0.2, 0.25) is 0 Å². The quantitative estimate of drug-likeness (QED) is 0.266. The number of carbonyl (C=O) groups excluding carboxylic acids is 4. The number of carbonyl (C=O) groups is 6. The smallest absolute Gasteiger partial charge is 0.327 e. The third-order valence-corrected chi connectivity index (χ3v) is 12.5. The molecule has 12 nitrogen and oxygen atoms in total. The largest absolute Gasteiger partial charge is 0.508 e. The Balaban J connectivity index is 0.000000188. The topological polar surface area (TPSA) is 196 Å². The molecule has 5 N–H and O–H groups in total. The van der Waals surface area contributed by atoms with Gasteiger partial charge in [0.2, 0.25) is 11.8 Å². The van der Waals surface area contributed by atoms with Crippen molar-refractivity contribution in [1.29, 1.82) is 0 Å². The Kier molecular flexibility index (Phi) is 9.74. The summed E-state index contributed by atoms with van der Waals surface area (Å²) in [5.41, 5.74) is 7.47. The van der Waals surface area contributed by atoms with Crippen LogP contribution in [0.25, 0.3) is 0 Å². The molecule has 0 saturated carbocycles. The minimum atomic E-state index is -1.03. The molecule has 0 spiro atoms. The molecule has 0 unspecified atom stereocenters. The summed E-state index contributed by atoms with van der Waals surface area (Å²) in [4.78, 5) is 75.2. The first kappa shape index (κ1) is 35.4. The number of carboxylic acids is 2. The summed E-state index contributed by atoms with van der Waals surface area (Å²) in [6, 6.07) is 12.9. The number of aromatic hydroxyl groups is 1. The van der Waals surface area contributed by atoms with E-state index in [1.165, 1.54) is 45.5 Å². The second-order valence-corrected chi connectivity index (χ2v) is 17.1. The zero-order valence-corrected chi connectivity index (χ0v) is 28.6. The molecule has 6 rings (SSSR count). The van der Waals surface area contributed by atoms with Crippen LogP contribution in [0.3, 0.4) is 0 Å². The summed E-state index contributed by atoms with van der Waals surface area (Å²) in [7, 11) is 0. The number of ketones is 2. The van der Waals surface area contributed by atoms with E-state index in [0.717, 1.165) is 5.56 Å². The molecule has 0 radical (unpaired) electrons. The number of phenols is 1. The molecular formula is C34H39N3O9S2. The van der Waals surface area contributed by atoms with Crippen molar-refractivity contribution < 1.29 is 44.1 Å². The molecule has 14 heteroatoms. The van der Waals surface area contributed by atoms with Crippen LogP contribution >= 0.6 is 23.5 Å². The monoisotopic (exact) mass is 697 g/mol. The van der Waals surface area contributed by atoms with Crippen molar-refractivity contribution in [3.05, 3.63) is 65.7 Å². The van der Waals surface area contributed by atoms with Gasteiger partial charge in [-0.1, -0.05) is 42.5 Å². The van der Waals surface area contributed by atoms with Gasteiger partial charge in [-0.2, -0.15) is 0 Å². The highest BCUT2D eigenvalue weighted by atomic mass is 32.2. The van der Waals surface area contributed by atoms with E-state index >= 15 is 0 Å². The number of carboxylic acid groups (broad SMARTS) is 2. The predicted octanol–water partition coefficient (Wildman–Crippen LogP) is 3.07. The fourth-order valence-corrected chi connectivity index (χ4v) is 10.3. The highest BCUT2D eigenvalue weighted by Gasteiger charge is 2.65. The number of amides is 2. The molecule has 2 aromatic rings. The normalized spacial score (nSPS) is 28.2. The maximum Gasteiger partial charge on any atom is 0.327 e. The number of hydrogen-bond donors (Lipinski definition) is 4. The average molecular weight is 698 g/mol. The van der Waals surface area contributed by atoms with Crippen molar-refractivity contribution in [2.45, 2.75) is 85.3 Å². The van der Waals surface area contributed by atoms with E-state index in [0.29, 0.717) is 12.0 Å². The molecule has 48 heavy (non-hydrogen) atoms. The zero-order chi connectivity index (χ0) is 35.3. The van der Waals surface area contributed by atoms with Crippen molar-refractivity contribution in [3.8, 4) is 5.75 Å². The lowest BCUT2D eigenvalue weighted by atomic mass is 9.86. The summed E-state index contributed by atoms with van der Waals surface area (Å²) in [6.07, 6.45) is 0.482. The van der Waals surface area contributed by atoms with Gasteiger partial charge in [-0.15, -0.1) is 23.5 Å². The Morgan fingerprint density at radius 1 is 0.771 bits per heavy atom. The number of β-lactam (4-membered cyclic amide) rings is 2. The lowest BCUT2D eigenvalue weighted by Crippen LogP contribution is -2.63. The van der Waals surface area contributed by atoms with E-state index in [2.05, 4.69) is 0 Å². The van der Waals surface area contributed by atoms with Crippen LogP contribution < -0.4 is 5.73 Å². The number of aliphatic carboxylic acids is 2. The van der Waals surface area contributed by atoms with E-state index < -0.39 is 45.5 Å². The Hall–Kier alpha value is -3.88. The number of hydrogen-bond acceptors (Lipinski definition) is 10. The second kappa shape index (κ2) is 13.2. The van der Waals surface area contributed by atoms with Gasteiger partial charge < -0.3 is 30.9 Å². The van der Waals surface area contributed by atoms with Crippen LogP contribution in [0.4, 0.5) is 0 Å². The Morgan fingerprint density at radius 3 is 1.69 bits per heavy atom. The van der Waals surface area contributed by atoms with Crippen LogP contribution in [-0.2, 0) is 35.2 Å². The van der Waals surface area contributed by atoms with E-state index in [4.69, 9.17) is 5.73 Å². The van der Waals surface area contributed by atoms with Gasteiger partial charge in [0.1, 0.15) is 23.6 Å². The molecule has 4 fully saturated rings. The SMILES string of the molecule is CC1(C)S[C@@H]2[C@H](CC(=O)Cc3ccccc3)C(=O)N2[C@H]1C(=O)O.CC1(C)S[C@@H]2[C@H](CC(=O)[C@H](N)c3ccc(O)cc3)C(=O)N2[C@H]1C(=O)O. The fraction of sp³-hybridized carbons (Fsp3) is 0.471. The first-order chi connectivity index (χ1) is 22.4. The number of rotatable bonds is 10. The van der Waals surface area contributed by atoms with Gasteiger partial charge in [0, 0.05) is 28.8 Å². The number of thioether (sulfide) groups is 2. The number of nitrogens with zero attached hydrogens (tertiary/aromatic N) is 2. The first-order valence-electron chi connectivity index (χ1n) is 15.5. The summed E-state index contributed by atoms with van der Waals surface area (Å²) < 4.78 is -1.15. The first-order valence-corrected chi connectivity index (χ1v) is 17.3. The molecule has 7 atom stereocenters. The predicted molar refractivity (Wildman–Crippen MR) is 179 cm³/mol. The number of Topliss-reactive ketones (excluding diaryl/α,β-unsaturated/α-hetero) is 2. The highest BCUT2D eigenvalue weighted by Crippen LogP contribution is 2.55. The van der Waals surface area contributed by atoms with Crippen molar-refractivity contribution in [1.82, 2.24) is 9.80 Å². The summed E-state index contributed by atoms with van der Waals surface area (Å²) in [5.74, 6) is -3.62. The molecule has 256 valence electrons. The Labute approximate surface area is 286 Å². The molecular weight excluding hydrogens is 659 g/mol. The summed E-state index contributed by atoms with van der Waals surface area (Å²) in [5, 5.41) is 27.6. The summed E-state index contributed by atoms with van der Waals surface area (Å²) in [6.45, 7) is 7.27. The molecule has 2 aromatic carbocycles. The zero-order valence-electron chi connectivity index (χ0n) is 26.9. The van der Waals surface area contributed by atoms with Crippen LogP contribution in [0.1, 0.15) is 57.7 Å². The van der Waals surface area contributed by atoms with Gasteiger partial charge in [-0.3, -0.25) is 19.2 Å². The van der Waals surface area contributed by atoms with E-state index in [1.54, 1.807) is 26.0 Å². The van der Waals surface area contributed by atoms with Gasteiger partial charge in [-0.25, -0.2) is 9.59 Å². The molecule has 0 aromatic heterocycles. The lowest BCUT2D eigenvalue weighted by Gasteiger charge is -2.43. The van der Waals surface area contributed by atoms with E-state index in [1.807, 2.05) is 44.2 Å². The third-order valence-electron chi connectivity index (χ3n) is 9.28. The Bertz CT molecular complexity index is 1630. The van der Waals surface area contributed by atoms with Crippen molar-refractivity contribution in [2.75, 3.05) is 0 Å². The fourth-order valence-electron chi connectivity index (χ4n) is 6.91. The molecule has 4 aliphatic rings. The number of nitrogens with two attached hydrogens (primary N) is 1. The molecule has 2 amide bonds. The van der Waals surface area contributed by atoms with Gasteiger partial charge in [0.05, 0.1) is 28.6 Å². The summed E-state index contributed by atoms with van der Waals surface area (Å²) >= 11 is 2.90. The van der Waals surface area contributed by atoms with E-state index in [9.17, 15) is 44.1 Å². The van der Waals surface area contributed by atoms with Crippen LogP contribution in [0.15, 0.2) is 54.6 Å². The maximum atomic E-state index is 12.5. The molecule has 0 aliphatic carbocycles. The van der Waals surface area contributed by atoms with Gasteiger partial charge in [-0.05, 0) is 51.0 Å². The Morgan fingerprint density at radius 2 is 1.23 bits per heavy atom. The highest BCUT2D eigenvalue weighted by molar-refractivity contribution is 8.02. The van der Waals surface area contributed by atoms with Crippen molar-refractivity contribution in [2.24, 2.45) is 17.6 Å². The second-order valence-electron chi connectivity index (χ2n) is 13.6. The average Bonchev–Trinajstić information content (AvgIpc) is 3.44. The lowest BCUT2D eigenvalue weighted by molar-refractivity contribution is -0.164. The molecule has 4 heterocycles. The minimum absolute atomic E-state index is 0.0164. The molecule has 4 saturated heterocycles. The van der Waals surface area contributed by atoms with Crippen molar-refractivity contribution >= 4 is 58.8 Å². The standard InChI is InChI=1S/C17H20N2O5S.C17H19NO4S/c1-17(2)13(16(23)24)19-14(22)10(15(19)25-17)7-11(21)12(18)8-3-5-9(20)6-4-8;1-17(2)13(16(21)22)18-14(20)12(15(18)23-17)9-11(19)8-10-6-4-3-5-7-10/h3-6,10,12-13,15,20H,7,18H2,1-2H3,(H,23,24);3-7,12-13,15H,8-9H2,1-2H3,(H,21,22)/t10-,12-,13+,15-;12-,13+,15-/m11/s1. The van der Waals surface area contributed by atoms with Gasteiger partial charge in [0.15, 0.2) is 5.78 Å².